The molecule has 0 spiro atoms. The number of hydrogen-bond donors (Lipinski definition) is 1. The predicted octanol–water partition coefficient (Wildman–Crippen LogP) is 4.06. The fourth-order valence-corrected chi connectivity index (χ4v) is 3.03. The number of pyridine rings is 1. The molecule has 0 bridgehead atoms. The zero-order valence-electron chi connectivity index (χ0n) is 15.6. The molecular formula is C21H23F2N2O2S+. The summed E-state index contributed by atoms with van der Waals surface area (Å²) in [5.74, 6) is -0.259. The number of nitrogens with one attached hydrogen (secondary N) is 1. The molecule has 0 aliphatic rings. The molecule has 2 aromatic rings. The lowest BCUT2D eigenvalue weighted by Crippen LogP contribution is -2.51. The fraction of sp³-hybridized carbons (Fsp3) is 0.286. The van der Waals surface area contributed by atoms with E-state index in [0.717, 1.165) is 12.8 Å². The third-order valence-corrected chi connectivity index (χ3v) is 4.41. The van der Waals surface area contributed by atoms with Crippen molar-refractivity contribution in [3.05, 3.63) is 72.6 Å². The second-order valence-electron chi connectivity index (χ2n) is 6.11. The Hall–Kier alpha value is -2.67. The minimum Gasteiger partial charge on any atom is -0.435 e. The Morgan fingerprint density at radius 3 is 2.43 bits per heavy atom. The lowest BCUT2D eigenvalue weighted by Gasteiger charge is -2.14. The average molecular weight is 405 g/mol. The van der Waals surface area contributed by atoms with Gasteiger partial charge in [0.05, 0.1) is 0 Å². The van der Waals surface area contributed by atoms with Gasteiger partial charge in [0.15, 0.2) is 17.4 Å². The van der Waals surface area contributed by atoms with Gasteiger partial charge in [0.2, 0.25) is 5.78 Å². The van der Waals surface area contributed by atoms with Crippen LogP contribution in [0.15, 0.2) is 61.4 Å². The Bertz CT molecular complexity index is 808. The highest BCUT2D eigenvalue weighted by molar-refractivity contribution is 7.80. The van der Waals surface area contributed by atoms with Gasteiger partial charge in [-0.25, -0.2) is 0 Å². The van der Waals surface area contributed by atoms with E-state index in [-0.39, 0.29) is 11.5 Å². The monoisotopic (exact) mass is 405 g/mol. The maximum Gasteiger partial charge on any atom is 0.387 e. The average Bonchev–Trinajstić information content (AvgIpc) is 2.68. The van der Waals surface area contributed by atoms with Crippen molar-refractivity contribution in [3.8, 4) is 5.75 Å². The molecule has 1 heterocycles. The summed E-state index contributed by atoms with van der Waals surface area (Å²) < 4.78 is 30.7. The molecule has 0 unspecified atom stereocenters. The van der Waals surface area contributed by atoms with Crippen molar-refractivity contribution < 1.29 is 22.9 Å². The van der Waals surface area contributed by atoms with Crippen LogP contribution in [0.5, 0.6) is 5.75 Å². The minimum absolute atomic E-state index is 0.00738. The van der Waals surface area contributed by atoms with Crippen molar-refractivity contribution in [1.82, 2.24) is 5.32 Å². The van der Waals surface area contributed by atoms with Gasteiger partial charge in [0, 0.05) is 24.2 Å². The van der Waals surface area contributed by atoms with Crippen LogP contribution in [0.25, 0.3) is 0 Å². The summed E-state index contributed by atoms with van der Waals surface area (Å²) in [7, 11) is 0. The molecule has 4 nitrogen and oxygen atoms in total. The van der Waals surface area contributed by atoms with E-state index >= 15 is 0 Å². The van der Waals surface area contributed by atoms with Crippen molar-refractivity contribution in [3.63, 3.8) is 0 Å². The van der Waals surface area contributed by atoms with Crippen LogP contribution in [0.1, 0.15) is 35.3 Å². The number of rotatable bonds is 10. The Balaban J connectivity index is 2.30. The summed E-state index contributed by atoms with van der Waals surface area (Å²) in [5.41, 5.74) is 1.52. The van der Waals surface area contributed by atoms with E-state index in [1.807, 2.05) is 24.5 Å². The molecule has 1 aromatic carbocycles. The van der Waals surface area contributed by atoms with E-state index in [1.165, 1.54) is 29.8 Å². The first-order chi connectivity index (χ1) is 13.5. The summed E-state index contributed by atoms with van der Waals surface area (Å²) in [5, 5.41) is 3.01. The van der Waals surface area contributed by atoms with E-state index < -0.39 is 12.7 Å². The summed E-state index contributed by atoms with van der Waals surface area (Å²) in [4.78, 5) is 13.5. The molecule has 148 valence electrons. The molecule has 0 radical (unpaired) electrons. The molecule has 0 saturated heterocycles. The maximum atomic E-state index is 13.1. The Morgan fingerprint density at radius 1 is 1.25 bits per heavy atom. The van der Waals surface area contributed by atoms with Gasteiger partial charge < -0.3 is 10.1 Å². The number of thiocarbonyl (C=S) groups is 1. The number of Topliss-reactive ketones (excluding diaryl/α,β-unsaturated/α-hetero) is 1. The van der Waals surface area contributed by atoms with Crippen LogP contribution < -0.4 is 14.6 Å². The van der Waals surface area contributed by atoms with E-state index in [4.69, 9.17) is 12.2 Å². The molecular weight excluding hydrogens is 382 g/mol. The second-order valence-corrected chi connectivity index (χ2v) is 6.55. The quantitative estimate of drug-likeness (QED) is 0.280. The number of carbonyl (C=O) groups excluding carboxylic acids is 1. The Labute approximate surface area is 168 Å². The second kappa shape index (κ2) is 10.6. The Kier molecular flexibility index (Phi) is 8.19. The lowest BCUT2D eigenvalue weighted by molar-refractivity contribution is -0.692. The van der Waals surface area contributed by atoms with Gasteiger partial charge in [-0.05, 0) is 36.2 Å². The first-order valence-electron chi connectivity index (χ1n) is 8.93. The number of benzene rings is 1. The molecule has 0 fully saturated rings. The number of alkyl halides is 2. The number of ether oxygens (including phenoxy) is 1. The summed E-state index contributed by atoms with van der Waals surface area (Å²) >= 11 is 5.44. The molecule has 1 atom stereocenters. The highest BCUT2D eigenvalue weighted by Gasteiger charge is 2.33. The number of hydrogen-bond acceptors (Lipinski definition) is 3. The van der Waals surface area contributed by atoms with Crippen molar-refractivity contribution in [1.29, 1.82) is 0 Å². The van der Waals surface area contributed by atoms with Crippen LogP contribution in [-0.4, -0.2) is 23.9 Å². The predicted molar refractivity (Wildman–Crippen MR) is 108 cm³/mol. The van der Waals surface area contributed by atoms with Gasteiger partial charge in [-0.2, -0.15) is 13.3 Å². The van der Waals surface area contributed by atoms with E-state index in [0.29, 0.717) is 17.1 Å². The smallest absolute Gasteiger partial charge is 0.387 e. The van der Waals surface area contributed by atoms with E-state index in [2.05, 4.69) is 23.6 Å². The van der Waals surface area contributed by atoms with Gasteiger partial charge in [-0.3, -0.25) is 4.79 Å². The zero-order chi connectivity index (χ0) is 20.5. The molecule has 1 N–H and O–H groups in total. The van der Waals surface area contributed by atoms with Crippen molar-refractivity contribution in [2.75, 3.05) is 6.54 Å². The third kappa shape index (κ3) is 5.92. The molecule has 0 amide bonds. The first kappa shape index (κ1) is 21.6. The van der Waals surface area contributed by atoms with Crippen LogP contribution in [0.2, 0.25) is 0 Å². The van der Waals surface area contributed by atoms with Crippen LogP contribution in [0, 0.1) is 0 Å². The number of halogens is 2. The molecule has 7 heteroatoms. The van der Waals surface area contributed by atoms with Crippen LogP contribution in [-0.2, 0) is 6.42 Å². The van der Waals surface area contributed by atoms with E-state index in [1.54, 1.807) is 10.6 Å². The third-order valence-electron chi connectivity index (χ3n) is 4.04. The van der Waals surface area contributed by atoms with Crippen LogP contribution >= 0.6 is 12.2 Å². The number of nitrogens with zero attached hydrogens (tertiary/aromatic N) is 1. The summed E-state index contributed by atoms with van der Waals surface area (Å²) in [6.07, 6.45) is 7.27. The SMILES string of the molecule is C=CCNC(=S)[C@@H](C(=O)c1ccc(OC(F)F)cc1)[n+]1ccc(CCC)cc1. The van der Waals surface area contributed by atoms with Gasteiger partial charge in [-0.15, -0.1) is 6.58 Å². The van der Waals surface area contributed by atoms with Gasteiger partial charge in [0.25, 0.3) is 6.04 Å². The number of ketones is 1. The topological polar surface area (TPSA) is 42.2 Å². The van der Waals surface area contributed by atoms with Crippen molar-refractivity contribution >= 4 is 23.0 Å². The molecule has 0 saturated carbocycles. The van der Waals surface area contributed by atoms with Crippen molar-refractivity contribution in [2.45, 2.75) is 32.4 Å². The summed E-state index contributed by atoms with van der Waals surface area (Å²) in [6, 6.07) is 8.74. The number of carbonyl (C=O) groups is 1. The van der Waals surface area contributed by atoms with Gasteiger partial charge in [0.1, 0.15) is 5.75 Å². The van der Waals surface area contributed by atoms with Crippen LogP contribution in [0.4, 0.5) is 8.78 Å². The van der Waals surface area contributed by atoms with Crippen molar-refractivity contribution in [2.24, 2.45) is 0 Å². The zero-order valence-corrected chi connectivity index (χ0v) is 16.4. The molecule has 28 heavy (non-hydrogen) atoms. The van der Waals surface area contributed by atoms with Crippen LogP contribution in [0.3, 0.4) is 0 Å². The number of aromatic nitrogens is 1. The normalized spacial score (nSPS) is 11.7. The number of aryl methyl sites for hydroxylation is 1. The van der Waals surface area contributed by atoms with Gasteiger partial charge >= 0.3 is 6.61 Å². The lowest BCUT2D eigenvalue weighted by atomic mass is 10.0. The summed E-state index contributed by atoms with van der Waals surface area (Å²) in [6.45, 7) is 3.26. The highest BCUT2D eigenvalue weighted by Crippen LogP contribution is 2.18. The Morgan fingerprint density at radius 2 is 1.89 bits per heavy atom. The maximum absolute atomic E-state index is 13.1. The molecule has 1 aromatic heterocycles. The molecule has 0 aliphatic heterocycles. The van der Waals surface area contributed by atoms with E-state index in [9.17, 15) is 13.6 Å². The largest absolute Gasteiger partial charge is 0.435 e. The van der Waals surface area contributed by atoms with Gasteiger partial charge in [-0.1, -0.05) is 31.6 Å². The highest BCUT2D eigenvalue weighted by atomic mass is 32.1. The molecule has 0 aliphatic carbocycles. The minimum atomic E-state index is -2.91. The molecule has 2 rings (SSSR count). The standard InChI is InChI=1S/C21H22F2N2O2S/c1-3-5-15-10-13-25(14-11-15)18(20(28)24-12-4-2)19(26)16-6-8-17(9-7-16)27-21(22)23/h4,6-11,13-14,18,21H,2-3,5,12H2,1H3/p+1/t18-/m1/s1. The fourth-order valence-electron chi connectivity index (χ4n) is 2.71. The first-order valence-corrected chi connectivity index (χ1v) is 9.34.